The molecule has 0 aliphatic carbocycles. The van der Waals surface area contributed by atoms with E-state index in [0.717, 1.165) is 6.29 Å². The molecule has 0 bridgehead atoms. The molecule has 0 N–H and O–H groups in total. The van der Waals surface area contributed by atoms with Crippen molar-refractivity contribution in [3.8, 4) is 0 Å². The van der Waals surface area contributed by atoms with Crippen LogP contribution in [0.25, 0.3) is 0 Å². The van der Waals surface area contributed by atoms with Gasteiger partial charge in [-0.2, -0.15) is 0 Å². The van der Waals surface area contributed by atoms with Crippen molar-refractivity contribution in [1.82, 2.24) is 0 Å². The van der Waals surface area contributed by atoms with Crippen LogP contribution < -0.4 is 0 Å². The van der Waals surface area contributed by atoms with Crippen molar-refractivity contribution in [2.75, 3.05) is 6.61 Å². The average molecular weight is 130 g/mol. The van der Waals surface area contributed by atoms with Gasteiger partial charge in [0.2, 0.25) is 0 Å². The van der Waals surface area contributed by atoms with Gasteiger partial charge in [0.05, 0.1) is 19.1 Å². The second-order valence-electron chi connectivity index (χ2n) is 2.11. The molecule has 0 spiro atoms. The van der Waals surface area contributed by atoms with Crippen LogP contribution in [-0.2, 0) is 14.3 Å². The van der Waals surface area contributed by atoms with Crippen molar-refractivity contribution in [2.24, 2.45) is 0 Å². The van der Waals surface area contributed by atoms with Gasteiger partial charge >= 0.3 is 0 Å². The van der Waals surface area contributed by atoms with E-state index in [-0.39, 0.29) is 12.4 Å². The highest BCUT2D eigenvalue weighted by Crippen LogP contribution is 2.11. The summed E-state index contributed by atoms with van der Waals surface area (Å²) in [6, 6.07) is 0. The molecule has 3 nitrogen and oxygen atoms in total. The van der Waals surface area contributed by atoms with Gasteiger partial charge in [-0.25, -0.2) is 0 Å². The predicted molar refractivity (Wildman–Crippen MR) is 31.0 cm³/mol. The maximum absolute atomic E-state index is 9.91. The van der Waals surface area contributed by atoms with Crippen LogP contribution in [0, 0.1) is 0 Å². The Kier molecular flexibility index (Phi) is 2.19. The van der Waals surface area contributed by atoms with Gasteiger partial charge in [-0.3, -0.25) is 0 Å². The fraction of sp³-hybridized carbons (Fsp3) is 0.833. The van der Waals surface area contributed by atoms with E-state index < -0.39 is 0 Å². The van der Waals surface area contributed by atoms with Crippen molar-refractivity contribution in [1.29, 1.82) is 0 Å². The number of carbonyl (C=O) groups excluding carboxylic acids is 1. The molecule has 0 aromatic heterocycles. The normalized spacial score (nSPS) is 34.8. The van der Waals surface area contributed by atoms with Crippen molar-refractivity contribution in [3.63, 3.8) is 0 Å². The first-order valence-electron chi connectivity index (χ1n) is 3.03. The molecular formula is C6H10O3. The van der Waals surface area contributed by atoms with E-state index in [2.05, 4.69) is 0 Å². The van der Waals surface area contributed by atoms with Crippen molar-refractivity contribution >= 4 is 6.29 Å². The summed E-state index contributed by atoms with van der Waals surface area (Å²) in [4.78, 5) is 9.91. The second kappa shape index (κ2) is 2.94. The molecule has 0 aromatic rings. The Bertz CT molecular complexity index is 102. The highest BCUT2D eigenvalue weighted by Gasteiger charge is 2.21. The molecule has 2 atom stereocenters. The molecule has 0 aromatic carbocycles. The van der Waals surface area contributed by atoms with E-state index in [4.69, 9.17) is 9.47 Å². The Labute approximate surface area is 53.9 Å². The lowest BCUT2D eigenvalue weighted by molar-refractivity contribution is -0.117. The number of carbonyl (C=O) groups is 1. The molecule has 1 rings (SSSR count). The van der Waals surface area contributed by atoms with E-state index in [1.165, 1.54) is 0 Å². The Morgan fingerprint density at radius 3 is 3.00 bits per heavy atom. The quantitative estimate of drug-likeness (QED) is 0.505. The zero-order valence-electron chi connectivity index (χ0n) is 5.37. The summed E-state index contributed by atoms with van der Waals surface area (Å²) < 4.78 is 10.2. The second-order valence-corrected chi connectivity index (χ2v) is 2.11. The van der Waals surface area contributed by atoms with Gasteiger partial charge in [-0.15, -0.1) is 0 Å². The maximum Gasteiger partial charge on any atom is 0.164 e. The van der Waals surface area contributed by atoms with Crippen LogP contribution >= 0.6 is 0 Å². The minimum atomic E-state index is -0.280. The molecule has 2 unspecified atom stereocenters. The molecule has 52 valence electrons. The fourth-order valence-corrected chi connectivity index (χ4v) is 0.783. The van der Waals surface area contributed by atoms with Gasteiger partial charge in [0, 0.05) is 0 Å². The summed E-state index contributed by atoms with van der Waals surface area (Å²) in [5, 5.41) is 0. The van der Waals surface area contributed by atoms with E-state index in [9.17, 15) is 4.79 Å². The first kappa shape index (κ1) is 6.71. The van der Waals surface area contributed by atoms with Gasteiger partial charge in [0.15, 0.2) is 6.29 Å². The lowest BCUT2D eigenvalue weighted by Crippen LogP contribution is -2.09. The summed E-state index contributed by atoms with van der Waals surface area (Å²) in [7, 11) is 0. The van der Waals surface area contributed by atoms with Crippen molar-refractivity contribution < 1.29 is 14.3 Å². The third kappa shape index (κ3) is 1.77. The van der Waals surface area contributed by atoms with Gasteiger partial charge in [0.25, 0.3) is 0 Å². The van der Waals surface area contributed by atoms with Crippen LogP contribution in [0.2, 0.25) is 0 Å². The molecule has 0 radical (unpaired) electrons. The van der Waals surface area contributed by atoms with Crippen LogP contribution in [0.3, 0.4) is 0 Å². The summed E-state index contributed by atoms with van der Waals surface area (Å²) in [6.45, 7) is 2.53. The molecule has 1 fully saturated rings. The van der Waals surface area contributed by atoms with E-state index in [0.29, 0.717) is 13.0 Å². The summed E-state index contributed by atoms with van der Waals surface area (Å²) in [5.74, 6) is 0. The third-order valence-corrected chi connectivity index (χ3v) is 1.19. The number of rotatable bonds is 2. The van der Waals surface area contributed by atoms with Gasteiger partial charge in [0.1, 0.15) is 6.29 Å². The predicted octanol–water partition coefficient (Wildman–Crippen LogP) is 0.337. The molecule has 3 heteroatoms. The smallest absolute Gasteiger partial charge is 0.164 e. The Hall–Kier alpha value is -0.410. The fourth-order valence-electron chi connectivity index (χ4n) is 0.783. The van der Waals surface area contributed by atoms with Crippen molar-refractivity contribution in [3.05, 3.63) is 0 Å². The third-order valence-electron chi connectivity index (χ3n) is 1.19. The van der Waals surface area contributed by atoms with Crippen LogP contribution in [0.1, 0.15) is 13.3 Å². The summed E-state index contributed by atoms with van der Waals surface area (Å²) in [5.41, 5.74) is 0. The first-order valence-corrected chi connectivity index (χ1v) is 3.03. The Morgan fingerprint density at radius 2 is 2.56 bits per heavy atom. The molecular weight excluding hydrogens is 120 g/mol. The Balaban J connectivity index is 2.21. The lowest BCUT2D eigenvalue weighted by atomic mass is 10.4. The van der Waals surface area contributed by atoms with Gasteiger partial charge < -0.3 is 14.3 Å². The standard InChI is InChI=1S/C6H10O3/c1-5-4-8-6(9-5)2-3-7/h3,5-6H,2,4H2,1H3. The number of hydrogen-bond acceptors (Lipinski definition) is 3. The minimum absolute atomic E-state index is 0.148. The molecule has 1 saturated heterocycles. The van der Waals surface area contributed by atoms with Crippen LogP contribution in [0.5, 0.6) is 0 Å². The van der Waals surface area contributed by atoms with Crippen LogP contribution in [0.4, 0.5) is 0 Å². The van der Waals surface area contributed by atoms with E-state index >= 15 is 0 Å². The minimum Gasteiger partial charge on any atom is -0.350 e. The summed E-state index contributed by atoms with van der Waals surface area (Å²) >= 11 is 0. The number of ether oxygens (including phenoxy) is 2. The van der Waals surface area contributed by atoms with E-state index in [1.807, 2.05) is 6.92 Å². The molecule has 1 aliphatic rings. The van der Waals surface area contributed by atoms with Crippen molar-refractivity contribution in [2.45, 2.75) is 25.7 Å². The average Bonchev–Trinajstić information content (AvgIpc) is 2.17. The summed E-state index contributed by atoms with van der Waals surface area (Å²) in [6.07, 6.45) is 1.03. The Morgan fingerprint density at radius 1 is 1.78 bits per heavy atom. The molecule has 0 amide bonds. The number of hydrogen-bond donors (Lipinski definition) is 0. The molecule has 0 saturated carbocycles. The SMILES string of the molecule is CC1COC(CC=O)O1. The van der Waals surface area contributed by atoms with Gasteiger partial charge in [-0.05, 0) is 6.92 Å². The zero-order valence-corrected chi connectivity index (χ0v) is 5.37. The highest BCUT2D eigenvalue weighted by atomic mass is 16.7. The lowest BCUT2D eigenvalue weighted by Gasteiger charge is -2.03. The maximum atomic E-state index is 9.91. The first-order chi connectivity index (χ1) is 4.33. The largest absolute Gasteiger partial charge is 0.350 e. The topological polar surface area (TPSA) is 35.5 Å². The van der Waals surface area contributed by atoms with E-state index in [1.54, 1.807) is 0 Å². The molecule has 1 heterocycles. The zero-order chi connectivity index (χ0) is 6.69. The molecule has 9 heavy (non-hydrogen) atoms. The monoisotopic (exact) mass is 130 g/mol. The highest BCUT2D eigenvalue weighted by molar-refractivity contribution is 5.49. The van der Waals surface area contributed by atoms with Gasteiger partial charge in [-0.1, -0.05) is 0 Å². The van der Waals surface area contributed by atoms with Crippen LogP contribution in [0.15, 0.2) is 0 Å². The number of aldehydes is 1. The molecule has 1 aliphatic heterocycles. The van der Waals surface area contributed by atoms with Crippen LogP contribution in [-0.4, -0.2) is 25.3 Å².